The number of hydrogen-bond acceptors (Lipinski definition) is 7. The number of aliphatic hydroxyl groups excluding tert-OH is 1. The molecule has 5 heterocycles. The van der Waals surface area contributed by atoms with Crippen LogP contribution >= 0.6 is 11.6 Å². The second kappa shape index (κ2) is 7.83. The Balaban J connectivity index is 1.17. The molecule has 0 bridgehead atoms. The van der Waals surface area contributed by atoms with Gasteiger partial charge in [-0.15, -0.1) is 0 Å². The number of halogens is 1. The molecule has 0 aliphatic carbocycles. The number of aliphatic hydroxyl groups is 1. The predicted octanol–water partition coefficient (Wildman–Crippen LogP) is 3.25. The molecule has 0 radical (unpaired) electrons. The second-order valence-corrected chi connectivity index (χ2v) is 8.32. The van der Waals surface area contributed by atoms with Gasteiger partial charge in [0.15, 0.2) is 6.10 Å². The average Bonchev–Trinajstić information content (AvgIpc) is 3.51. The van der Waals surface area contributed by atoms with E-state index in [1.807, 2.05) is 36.4 Å². The zero-order valence-corrected chi connectivity index (χ0v) is 17.6. The van der Waals surface area contributed by atoms with Crippen LogP contribution in [0.2, 0.25) is 5.02 Å². The fourth-order valence-electron chi connectivity index (χ4n) is 4.12. The van der Waals surface area contributed by atoms with Crippen LogP contribution in [0.15, 0.2) is 54.9 Å². The van der Waals surface area contributed by atoms with E-state index in [0.29, 0.717) is 17.5 Å². The van der Waals surface area contributed by atoms with Crippen molar-refractivity contribution in [2.24, 2.45) is 0 Å². The molecule has 4 atom stereocenters. The maximum atomic E-state index is 9.85. The van der Waals surface area contributed by atoms with Gasteiger partial charge >= 0.3 is 0 Å². The maximum absolute atomic E-state index is 9.85. The van der Waals surface area contributed by atoms with Crippen LogP contribution in [-0.2, 0) is 9.47 Å². The molecule has 2 aliphatic rings. The number of rotatable bonds is 4. The number of aromatic amines is 1. The van der Waals surface area contributed by atoms with Gasteiger partial charge in [-0.3, -0.25) is 4.98 Å². The molecule has 4 unspecified atom stereocenters. The molecule has 0 spiro atoms. The van der Waals surface area contributed by atoms with Crippen LogP contribution in [0.1, 0.15) is 0 Å². The zero-order valence-electron chi connectivity index (χ0n) is 16.8. The van der Waals surface area contributed by atoms with Crippen molar-refractivity contribution in [1.82, 2.24) is 19.9 Å². The summed E-state index contributed by atoms with van der Waals surface area (Å²) in [5.41, 5.74) is 4.27. The second-order valence-electron chi connectivity index (χ2n) is 7.88. The van der Waals surface area contributed by atoms with E-state index in [0.717, 1.165) is 33.7 Å². The van der Waals surface area contributed by atoms with Crippen LogP contribution in [0.25, 0.3) is 33.7 Å². The predicted molar refractivity (Wildman–Crippen MR) is 117 cm³/mol. The van der Waals surface area contributed by atoms with Gasteiger partial charge < -0.3 is 24.3 Å². The number of pyridine rings is 2. The van der Waals surface area contributed by atoms with Crippen molar-refractivity contribution in [3.8, 4) is 28.5 Å². The van der Waals surface area contributed by atoms with E-state index in [1.54, 1.807) is 18.5 Å². The quantitative estimate of drug-likeness (QED) is 0.492. The molecule has 2 N–H and O–H groups in total. The first-order chi connectivity index (χ1) is 15.6. The third kappa shape index (κ3) is 3.51. The van der Waals surface area contributed by atoms with E-state index in [9.17, 15) is 5.11 Å². The summed E-state index contributed by atoms with van der Waals surface area (Å²) in [5.74, 6) is 1.21. The van der Waals surface area contributed by atoms with Gasteiger partial charge in [0.2, 0.25) is 5.88 Å². The molecule has 0 amide bonds. The summed E-state index contributed by atoms with van der Waals surface area (Å²) >= 11 is 6.05. The van der Waals surface area contributed by atoms with Crippen molar-refractivity contribution in [2.75, 3.05) is 13.2 Å². The van der Waals surface area contributed by atoms with Crippen molar-refractivity contribution >= 4 is 22.6 Å². The van der Waals surface area contributed by atoms with Crippen LogP contribution < -0.4 is 4.74 Å². The first-order valence-corrected chi connectivity index (χ1v) is 10.7. The van der Waals surface area contributed by atoms with Gasteiger partial charge in [-0.2, -0.15) is 0 Å². The molecular weight excluding hydrogens is 432 g/mol. The molecule has 162 valence electrons. The van der Waals surface area contributed by atoms with Crippen LogP contribution in [0, 0.1) is 0 Å². The minimum absolute atomic E-state index is 0.269. The third-order valence-corrected chi connectivity index (χ3v) is 6.00. The monoisotopic (exact) mass is 450 g/mol. The smallest absolute Gasteiger partial charge is 0.213 e. The Morgan fingerprint density at radius 1 is 0.969 bits per heavy atom. The molecule has 0 saturated carbocycles. The number of H-pyrrole nitrogens is 1. The lowest BCUT2D eigenvalue weighted by atomic mass is 10.1. The molecule has 2 saturated heterocycles. The first-order valence-electron chi connectivity index (χ1n) is 10.3. The number of nitrogens with one attached hydrogen (secondary N) is 1. The SMILES string of the molecule is OC1COC2C(Oc3ccc(-c4ccc(-c5nc6ccc(Cl)cc6[nH]5)cn4)cn3)COC12. The Labute approximate surface area is 188 Å². The minimum Gasteiger partial charge on any atom is -0.469 e. The van der Waals surface area contributed by atoms with Crippen molar-refractivity contribution in [1.29, 1.82) is 0 Å². The highest BCUT2D eigenvalue weighted by molar-refractivity contribution is 6.31. The number of nitrogens with zero attached hydrogens (tertiary/aromatic N) is 3. The summed E-state index contributed by atoms with van der Waals surface area (Å²) in [6.07, 6.45) is 2.01. The lowest BCUT2D eigenvalue weighted by Gasteiger charge is -2.17. The Morgan fingerprint density at radius 3 is 2.62 bits per heavy atom. The highest BCUT2D eigenvalue weighted by Crippen LogP contribution is 2.30. The zero-order chi connectivity index (χ0) is 21.7. The van der Waals surface area contributed by atoms with Gasteiger partial charge in [0, 0.05) is 34.6 Å². The van der Waals surface area contributed by atoms with Gasteiger partial charge in [0.05, 0.1) is 29.9 Å². The molecule has 8 nitrogen and oxygen atoms in total. The number of benzene rings is 1. The van der Waals surface area contributed by atoms with E-state index in [4.69, 9.17) is 25.8 Å². The van der Waals surface area contributed by atoms with Crippen molar-refractivity contribution in [3.63, 3.8) is 0 Å². The van der Waals surface area contributed by atoms with Crippen molar-refractivity contribution in [3.05, 3.63) is 59.9 Å². The highest BCUT2D eigenvalue weighted by Gasteiger charge is 2.48. The largest absolute Gasteiger partial charge is 0.469 e. The van der Waals surface area contributed by atoms with Gasteiger partial charge in [-0.25, -0.2) is 9.97 Å². The Bertz CT molecular complexity index is 1260. The van der Waals surface area contributed by atoms with Gasteiger partial charge in [0.25, 0.3) is 0 Å². The Kier molecular flexibility index (Phi) is 4.80. The molecule has 4 aromatic rings. The summed E-state index contributed by atoms with van der Waals surface area (Å²) in [7, 11) is 0. The molecule has 1 aromatic carbocycles. The number of imidazole rings is 1. The topological polar surface area (TPSA) is 102 Å². The van der Waals surface area contributed by atoms with Gasteiger partial charge in [0.1, 0.15) is 24.1 Å². The van der Waals surface area contributed by atoms with Gasteiger partial charge in [-0.1, -0.05) is 11.6 Å². The first kappa shape index (κ1) is 19.6. The fraction of sp³-hybridized carbons (Fsp3) is 0.261. The molecule has 9 heteroatoms. The van der Waals surface area contributed by atoms with E-state index in [2.05, 4.69) is 19.9 Å². The number of hydrogen-bond donors (Lipinski definition) is 2. The summed E-state index contributed by atoms with van der Waals surface area (Å²) in [6.45, 7) is 0.637. The third-order valence-electron chi connectivity index (χ3n) is 5.77. The lowest BCUT2D eigenvalue weighted by Crippen LogP contribution is -2.34. The summed E-state index contributed by atoms with van der Waals surface area (Å²) in [6, 6.07) is 13.1. The fourth-order valence-corrected chi connectivity index (χ4v) is 4.30. The Morgan fingerprint density at radius 2 is 1.81 bits per heavy atom. The van der Waals surface area contributed by atoms with Crippen LogP contribution in [-0.4, -0.2) is 62.7 Å². The molecule has 6 rings (SSSR count). The van der Waals surface area contributed by atoms with Crippen LogP contribution in [0.5, 0.6) is 5.88 Å². The summed E-state index contributed by atoms with van der Waals surface area (Å²) in [4.78, 5) is 16.8. The van der Waals surface area contributed by atoms with Gasteiger partial charge in [-0.05, 0) is 36.4 Å². The normalized spacial score (nSPS) is 24.7. The molecular formula is C23H19ClN4O4. The lowest BCUT2D eigenvalue weighted by molar-refractivity contribution is 0.00780. The van der Waals surface area contributed by atoms with Crippen LogP contribution in [0.4, 0.5) is 0 Å². The molecule has 3 aromatic heterocycles. The summed E-state index contributed by atoms with van der Waals surface area (Å²) in [5, 5.41) is 10.5. The summed E-state index contributed by atoms with van der Waals surface area (Å²) < 4.78 is 17.1. The highest BCUT2D eigenvalue weighted by atomic mass is 35.5. The molecule has 2 aliphatic heterocycles. The number of fused-ring (bicyclic) bond motifs is 2. The number of ether oxygens (including phenoxy) is 3. The van der Waals surface area contributed by atoms with Crippen molar-refractivity contribution in [2.45, 2.75) is 24.4 Å². The minimum atomic E-state index is -0.602. The Hall–Kier alpha value is -3.04. The van der Waals surface area contributed by atoms with E-state index in [-0.39, 0.29) is 24.9 Å². The standard InChI is InChI=1S/C23H19ClN4O4/c24-14-3-5-16-17(7-14)28-23(27-16)13-1-4-15(25-9-13)12-2-6-20(26-8-12)32-19-11-31-21-18(29)10-30-22(19)21/h1-9,18-19,21-22,29H,10-11H2,(H,27,28). The van der Waals surface area contributed by atoms with E-state index in [1.165, 1.54) is 0 Å². The maximum Gasteiger partial charge on any atom is 0.213 e. The average molecular weight is 451 g/mol. The number of aromatic nitrogens is 4. The van der Waals surface area contributed by atoms with E-state index >= 15 is 0 Å². The molecule has 32 heavy (non-hydrogen) atoms. The molecule has 2 fully saturated rings. The van der Waals surface area contributed by atoms with E-state index < -0.39 is 6.10 Å². The van der Waals surface area contributed by atoms with Crippen LogP contribution in [0.3, 0.4) is 0 Å². The van der Waals surface area contributed by atoms with Crippen molar-refractivity contribution < 1.29 is 19.3 Å².